The minimum Gasteiger partial charge on any atom is -0.490 e. The van der Waals surface area contributed by atoms with Gasteiger partial charge in [-0.25, -0.2) is 4.21 Å². The Kier molecular flexibility index (Phi) is 8.87. The molecule has 6 nitrogen and oxygen atoms in total. The fraction of sp³-hybridized carbons (Fsp3) is 0.543. The van der Waals surface area contributed by atoms with E-state index in [1.54, 1.807) is 6.07 Å². The number of hydrogen-bond acceptors (Lipinski definition) is 5. The standard InChI is InChI=1S/C35H45ClN2O4S/c1-4-28-10-6-7-11-32(41-5-2)29-15-12-26(29)21-38-22-35(18-8-9-24-19-27(36)14-16-30(24)35)23-42-33-17-13-25(20-31(33)38)34(39)37-43(28,3)40/h7,11,13-14,16-17,19-20,26,28-29,32H,3-6,8-10,12,15,18,21-23H2,1-2H3,(H,37,39,40)/b11-7+/t26-,28+,29+,32-,35-,43?/m0/s1. The minimum absolute atomic E-state index is 0.0566. The summed E-state index contributed by atoms with van der Waals surface area (Å²) in [5.41, 5.74) is 3.85. The van der Waals surface area contributed by atoms with Crippen molar-refractivity contribution in [1.29, 1.82) is 0 Å². The molecule has 2 bridgehead atoms. The third-order valence-electron chi connectivity index (χ3n) is 10.3. The Labute approximate surface area is 262 Å². The maximum atomic E-state index is 13.7. The van der Waals surface area contributed by atoms with Gasteiger partial charge in [-0.15, -0.1) is 0 Å². The first-order chi connectivity index (χ1) is 20.7. The number of rotatable bonds is 3. The summed E-state index contributed by atoms with van der Waals surface area (Å²) in [5, 5.41) is 0.560. The average Bonchev–Trinajstić information content (AvgIpc) is 3.11. The van der Waals surface area contributed by atoms with Crippen molar-refractivity contribution in [1.82, 2.24) is 4.72 Å². The zero-order valence-electron chi connectivity index (χ0n) is 25.5. The lowest BCUT2D eigenvalue weighted by molar-refractivity contribution is -0.00861. The summed E-state index contributed by atoms with van der Waals surface area (Å²) in [5.74, 6) is 5.34. The van der Waals surface area contributed by atoms with Gasteiger partial charge in [-0.05, 0) is 117 Å². The smallest absolute Gasteiger partial charge is 0.262 e. The van der Waals surface area contributed by atoms with Crippen LogP contribution in [0.4, 0.5) is 5.69 Å². The van der Waals surface area contributed by atoms with Crippen molar-refractivity contribution in [2.24, 2.45) is 11.8 Å². The molecular formula is C35H45ClN2O4S. The molecule has 2 aliphatic heterocycles. The van der Waals surface area contributed by atoms with E-state index in [4.69, 9.17) is 21.1 Å². The molecule has 1 spiro atoms. The zero-order valence-corrected chi connectivity index (χ0v) is 27.1. The van der Waals surface area contributed by atoms with Crippen LogP contribution in [-0.4, -0.2) is 53.6 Å². The number of hydrogen-bond donors (Lipinski definition) is 1. The van der Waals surface area contributed by atoms with E-state index in [1.165, 1.54) is 11.1 Å². The molecule has 1 saturated carbocycles. The monoisotopic (exact) mass is 624 g/mol. The summed E-state index contributed by atoms with van der Waals surface area (Å²) >= 11 is 6.43. The lowest BCUT2D eigenvalue weighted by Gasteiger charge is -2.46. The number of nitrogens with one attached hydrogen (secondary N) is 1. The molecule has 4 aliphatic rings. The van der Waals surface area contributed by atoms with Crippen molar-refractivity contribution in [3.8, 4) is 5.75 Å². The van der Waals surface area contributed by atoms with Crippen LogP contribution in [0.1, 0.15) is 80.3 Å². The molecule has 2 aromatic rings. The molecule has 232 valence electrons. The number of fused-ring (bicyclic) bond motifs is 4. The van der Waals surface area contributed by atoms with E-state index in [-0.39, 0.29) is 22.7 Å². The van der Waals surface area contributed by atoms with Gasteiger partial charge in [0.2, 0.25) is 0 Å². The molecule has 0 aromatic heterocycles. The summed E-state index contributed by atoms with van der Waals surface area (Å²) in [6, 6.07) is 12.0. The van der Waals surface area contributed by atoms with Crippen molar-refractivity contribution in [3.05, 3.63) is 70.3 Å². The van der Waals surface area contributed by atoms with Gasteiger partial charge < -0.3 is 14.4 Å². The first-order valence-corrected chi connectivity index (χ1v) is 18.2. The van der Waals surface area contributed by atoms with Crippen LogP contribution < -0.4 is 14.4 Å². The van der Waals surface area contributed by atoms with E-state index in [0.717, 1.165) is 68.1 Å². The van der Waals surface area contributed by atoms with Crippen LogP contribution in [0.15, 0.2) is 48.6 Å². The molecule has 43 heavy (non-hydrogen) atoms. The van der Waals surface area contributed by atoms with Crippen LogP contribution in [0.5, 0.6) is 5.75 Å². The van der Waals surface area contributed by atoms with Crippen LogP contribution in [0, 0.1) is 11.8 Å². The largest absolute Gasteiger partial charge is 0.490 e. The fourth-order valence-electron chi connectivity index (χ4n) is 7.78. The first kappa shape index (κ1) is 30.5. The molecule has 0 saturated heterocycles. The van der Waals surface area contributed by atoms with Crippen molar-refractivity contribution in [3.63, 3.8) is 0 Å². The van der Waals surface area contributed by atoms with E-state index < -0.39 is 9.71 Å². The van der Waals surface area contributed by atoms with E-state index in [9.17, 15) is 9.00 Å². The third kappa shape index (κ3) is 6.10. The SMILES string of the molecule is C=S1(=O)NC(=O)c2ccc3c(c2)N(C[C@@H]2CC[C@H]2[C@@H](OCC)/C=C/CC[C@H]1CC)C[C@@]1(CCCc2cc(Cl)ccc21)CO3. The maximum Gasteiger partial charge on any atom is 0.262 e. The highest BCUT2D eigenvalue weighted by molar-refractivity contribution is 7.99. The second-order valence-electron chi connectivity index (χ2n) is 12.9. The first-order valence-electron chi connectivity index (χ1n) is 16.0. The second kappa shape index (κ2) is 12.5. The molecule has 6 atom stereocenters. The van der Waals surface area contributed by atoms with Gasteiger partial charge in [0.05, 0.1) is 28.1 Å². The molecule has 6 rings (SSSR count). The zero-order chi connectivity index (χ0) is 30.2. The predicted molar refractivity (Wildman–Crippen MR) is 177 cm³/mol. The summed E-state index contributed by atoms with van der Waals surface area (Å²) in [6.07, 6.45) is 12.0. The number of benzene rings is 2. The highest BCUT2D eigenvalue weighted by Crippen LogP contribution is 2.47. The Morgan fingerprint density at radius 1 is 1.19 bits per heavy atom. The van der Waals surface area contributed by atoms with Gasteiger partial charge in [-0.2, -0.15) is 0 Å². The number of carbonyl (C=O) groups excluding carboxylic acids is 1. The number of nitrogens with zero attached hydrogens (tertiary/aromatic N) is 1. The molecule has 0 radical (unpaired) electrons. The lowest BCUT2D eigenvalue weighted by atomic mass is 9.68. The van der Waals surface area contributed by atoms with Crippen molar-refractivity contribution in [2.45, 2.75) is 82.0 Å². The normalized spacial score (nSPS) is 33.3. The molecule has 1 fully saturated rings. The number of halogens is 1. The van der Waals surface area contributed by atoms with Crippen LogP contribution >= 0.6 is 11.6 Å². The number of ether oxygens (including phenoxy) is 2. The van der Waals surface area contributed by atoms with Crippen LogP contribution in [0.3, 0.4) is 0 Å². The topological polar surface area (TPSA) is 67.9 Å². The third-order valence-corrected chi connectivity index (χ3v) is 12.7. The number of allylic oxidation sites excluding steroid dienone is 1. The predicted octanol–water partition coefficient (Wildman–Crippen LogP) is 6.73. The molecular weight excluding hydrogens is 580 g/mol. The van der Waals surface area contributed by atoms with Crippen molar-refractivity contribution < 1.29 is 18.5 Å². The Hall–Kier alpha value is -2.48. The van der Waals surface area contributed by atoms with Gasteiger partial charge in [-0.3, -0.25) is 9.52 Å². The average molecular weight is 625 g/mol. The highest BCUT2D eigenvalue weighted by atomic mass is 35.5. The summed E-state index contributed by atoms with van der Waals surface area (Å²) < 4.78 is 29.5. The van der Waals surface area contributed by atoms with Gasteiger partial charge >= 0.3 is 0 Å². The van der Waals surface area contributed by atoms with Gasteiger partial charge in [0.25, 0.3) is 5.91 Å². The number of carbonyl (C=O) groups is 1. The van der Waals surface area contributed by atoms with Crippen molar-refractivity contribution >= 4 is 38.8 Å². The number of aryl methyl sites for hydroxylation is 1. The molecule has 2 aromatic carbocycles. The molecule has 1 unspecified atom stereocenters. The van der Waals surface area contributed by atoms with E-state index in [0.29, 0.717) is 43.5 Å². The second-order valence-corrected chi connectivity index (χ2v) is 15.7. The maximum absolute atomic E-state index is 13.7. The Bertz CT molecular complexity index is 1490. The molecule has 1 amide bonds. The molecule has 8 heteroatoms. The van der Waals surface area contributed by atoms with Gasteiger partial charge in [0.1, 0.15) is 5.75 Å². The summed E-state index contributed by atoms with van der Waals surface area (Å²) in [4.78, 5) is 16.0. The van der Waals surface area contributed by atoms with Gasteiger partial charge in [0.15, 0.2) is 0 Å². The van der Waals surface area contributed by atoms with Crippen LogP contribution in [-0.2, 0) is 26.3 Å². The summed E-state index contributed by atoms with van der Waals surface area (Å²) in [7, 11) is -2.85. The van der Waals surface area contributed by atoms with E-state index in [1.807, 2.05) is 25.1 Å². The van der Waals surface area contributed by atoms with Crippen molar-refractivity contribution in [2.75, 3.05) is 31.2 Å². The van der Waals surface area contributed by atoms with Gasteiger partial charge in [-0.1, -0.05) is 36.7 Å². The Morgan fingerprint density at radius 3 is 2.81 bits per heavy atom. The highest BCUT2D eigenvalue weighted by Gasteiger charge is 2.44. The minimum atomic E-state index is -2.85. The number of anilines is 1. The van der Waals surface area contributed by atoms with E-state index >= 15 is 0 Å². The lowest BCUT2D eigenvalue weighted by Crippen LogP contribution is -2.49. The number of amides is 1. The summed E-state index contributed by atoms with van der Waals surface area (Å²) in [6.45, 7) is 6.96. The molecule has 2 aliphatic carbocycles. The Morgan fingerprint density at radius 2 is 2.05 bits per heavy atom. The fourth-order valence-corrected chi connectivity index (χ4v) is 9.63. The molecule has 2 heterocycles. The Balaban J connectivity index is 1.42. The van der Waals surface area contributed by atoms with Crippen LogP contribution in [0.25, 0.3) is 0 Å². The van der Waals surface area contributed by atoms with Gasteiger partial charge in [0, 0.05) is 40.9 Å². The van der Waals surface area contributed by atoms with E-state index in [2.05, 4.69) is 46.7 Å². The molecule has 1 N–H and O–H groups in total. The van der Waals surface area contributed by atoms with Crippen LogP contribution in [0.2, 0.25) is 5.02 Å². The quantitative estimate of drug-likeness (QED) is 0.303.